The van der Waals surface area contributed by atoms with Gasteiger partial charge in [-0.2, -0.15) is 14.8 Å². The predicted molar refractivity (Wildman–Crippen MR) is 155 cm³/mol. The largest absolute Gasteiger partial charge is 0.243 e. The number of hydrogen-bond acceptors (Lipinski definition) is 4. The first-order chi connectivity index (χ1) is 18.8. The molecule has 0 atom stereocenters. The fourth-order valence-electron chi connectivity index (χ4n) is 3.68. The molecule has 0 aliphatic heterocycles. The minimum Gasteiger partial charge on any atom is -0.238 e. The lowest BCUT2D eigenvalue weighted by Crippen LogP contribution is -2.30. The van der Waals surface area contributed by atoms with E-state index in [1.54, 1.807) is 78.9 Å². The van der Waals surface area contributed by atoms with Crippen molar-refractivity contribution >= 4 is 31.6 Å². The standard InChI is InChI=1S/C23H19N3O2S.C8H6BrN/c1-18-9-11-23(12-10-18)29(27,28)26(16-20-6-3-5-19(13-20)15-24)17-21-7-4-8-22(14-21)25-2;9-5-7-2-1-3-8(4-7)6-10/h3-14H,16-17H2,1H3;1-4H,5H2. The average Bonchev–Trinajstić information content (AvgIpc) is 2.97. The van der Waals surface area contributed by atoms with E-state index in [1.165, 1.54) is 4.31 Å². The molecule has 39 heavy (non-hydrogen) atoms. The summed E-state index contributed by atoms with van der Waals surface area (Å²) in [6.45, 7) is 9.33. The summed E-state index contributed by atoms with van der Waals surface area (Å²) >= 11 is 3.31. The third-order valence-electron chi connectivity index (χ3n) is 5.68. The first kappa shape index (κ1) is 29.3. The van der Waals surface area contributed by atoms with Crippen LogP contribution in [-0.2, 0) is 28.4 Å². The SMILES string of the molecule is N#Cc1cccc(CBr)c1.[C-]#[N+]c1cccc(CN(Cc2cccc(C#N)c2)S(=O)(=O)c2ccc(C)cc2)c1. The third-order valence-corrected chi connectivity index (χ3v) is 8.14. The Labute approximate surface area is 238 Å². The predicted octanol–water partition coefficient (Wildman–Crippen LogP) is 7.26. The van der Waals surface area contributed by atoms with Crippen LogP contribution in [0.15, 0.2) is 102 Å². The highest BCUT2D eigenvalue weighted by Crippen LogP contribution is 2.24. The molecule has 0 saturated carbocycles. The summed E-state index contributed by atoms with van der Waals surface area (Å²) in [7, 11) is -3.78. The van der Waals surface area contributed by atoms with Crippen LogP contribution in [0.1, 0.15) is 33.4 Å². The number of rotatable bonds is 7. The van der Waals surface area contributed by atoms with Crippen molar-refractivity contribution in [2.75, 3.05) is 0 Å². The van der Waals surface area contributed by atoms with Gasteiger partial charge in [-0.15, -0.1) is 0 Å². The molecule has 8 heteroatoms. The molecule has 0 aromatic heterocycles. The maximum absolute atomic E-state index is 13.4. The molecule has 0 heterocycles. The number of nitriles is 2. The molecule has 4 aromatic rings. The Morgan fingerprint density at radius 3 is 1.85 bits per heavy atom. The monoisotopic (exact) mass is 596 g/mol. The molecular weight excluding hydrogens is 572 g/mol. The lowest BCUT2D eigenvalue weighted by atomic mass is 10.1. The minimum absolute atomic E-state index is 0.119. The lowest BCUT2D eigenvalue weighted by molar-refractivity contribution is 0.401. The molecule has 0 saturated heterocycles. The maximum Gasteiger partial charge on any atom is 0.243 e. The Morgan fingerprint density at radius 2 is 1.31 bits per heavy atom. The van der Waals surface area contributed by atoms with Crippen molar-refractivity contribution in [1.29, 1.82) is 10.5 Å². The molecule has 0 bridgehead atoms. The minimum atomic E-state index is -3.78. The molecule has 0 fully saturated rings. The Bertz CT molecular complexity index is 1610. The van der Waals surface area contributed by atoms with E-state index in [-0.39, 0.29) is 18.0 Å². The van der Waals surface area contributed by atoms with E-state index >= 15 is 0 Å². The second kappa shape index (κ2) is 14.0. The molecular formula is C31H25BrN4O2S. The molecule has 194 valence electrons. The Morgan fingerprint density at radius 1 is 0.795 bits per heavy atom. The van der Waals surface area contributed by atoms with Gasteiger partial charge in [0.15, 0.2) is 5.69 Å². The highest BCUT2D eigenvalue weighted by molar-refractivity contribution is 9.08. The van der Waals surface area contributed by atoms with Crippen molar-refractivity contribution < 1.29 is 8.42 Å². The Hall–Kier alpha value is -4.26. The molecule has 4 aromatic carbocycles. The van der Waals surface area contributed by atoms with Gasteiger partial charge in [0.05, 0.1) is 34.7 Å². The Balaban J connectivity index is 0.000000353. The van der Waals surface area contributed by atoms with Crippen molar-refractivity contribution in [2.24, 2.45) is 0 Å². The number of nitrogens with zero attached hydrogens (tertiary/aromatic N) is 4. The van der Waals surface area contributed by atoms with Crippen molar-refractivity contribution in [1.82, 2.24) is 4.31 Å². The van der Waals surface area contributed by atoms with Gasteiger partial charge in [0.2, 0.25) is 10.0 Å². The van der Waals surface area contributed by atoms with Crippen molar-refractivity contribution in [3.8, 4) is 12.1 Å². The second-order valence-electron chi connectivity index (χ2n) is 8.63. The first-order valence-corrected chi connectivity index (χ1v) is 14.4. The van der Waals surface area contributed by atoms with E-state index in [2.05, 4.69) is 32.9 Å². The summed E-state index contributed by atoms with van der Waals surface area (Å²) in [6.07, 6.45) is 0. The van der Waals surface area contributed by atoms with Gasteiger partial charge in [-0.25, -0.2) is 13.3 Å². The number of halogens is 1. The Kier molecular flexibility index (Phi) is 10.6. The molecule has 0 spiro atoms. The highest BCUT2D eigenvalue weighted by atomic mass is 79.9. The van der Waals surface area contributed by atoms with Gasteiger partial charge in [-0.1, -0.05) is 82.2 Å². The van der Waals surface area contributed by atoms with Crippen molar-refractivity contribution in [3.63, 3.8) is 0 Å². The summed E-state index contributed by atoms with van der Waals surface area (Å²) in [6, 6.07) is 32.3. The van der Waals surface area contributed by atoms with Crippen LogP contribution in [0.2, 0.25) is 0 Å². The maximum atomic E-state index is 13.4. The number of sulfonamides is 1. The van der Waals surface area contributed by atoms with Crippen LogP contribution in [0.5, 0.6) is 0 Å². The van der Waals surface area contributed by atoms with E-state index in [9.17, 15) is 8.42 Å². The summed E-state index contributed by atoms with van der Waals surface area (Å²) < 4.78 is 28.1. The zero-order valence-corrected chi connectivity index (χ0v) is 23.7. The van der Waals surface area contributed by atoms with E-state index in [4.69, 9.17) is 17.1 Å². The van der Waals surface area contributed by atoms with Crippen LogP contribution in [0.3, 0.4) is 0 Å². The van der Waals surface area contributed by atoms with E-state index in [0.29, 0.717) is 11.3 Å². The molecule has 0 N–H and O–H groups in total. The zero-order valence-electron chi connectivity index (χ0n) is 21.3. The second-order valence-corrected chi connectivity index (χ2v) is 11.1. The van der Waals surface area contributed by atoms with E-state index in [0.717, 1.165) is 33.1 Å². The van der Waals surface area contributed by atoms with Gasteiger partial charge >= 0.3 is 0 Å². The zero-order chi connectivity index (χ0) is 28.3. The quantitative estimate of drug-likeness (QED) is 0.166. The van der Waals surface area contributed by atoms with Crippen molar-refractivity contribution in [3.05, 3.63) is 142 Å². The van der Waals surface area contributed by atoms with E-state index in [1.807, 2.05) is 25.1 Å². The smallest absolute Gasteiger partial charge is 0.238 e. The summed E-state index contributed by atoms with van der Waals surface area (Å²) in [5.74, 6) is 0. The normalized spacial score (nSPS) is 10.5. The summed E-state index contributed by atoms with van der Waals surface area (Å²) in [5.41, 5.74) is 5.22. The summed E-state index contributed by atoms with van der Waals surface area (Å²) in [5, 5.41) is 18.4. The molecule has 0 aliphatic rings. The van der Waals surface area contributed by atoms with Gasteiger partial charge < -0.3 is 0 Å². The molecule has 0 radical (unpaired) electrons. The van der Waals surface area contributed by atoms with Crippen LogP contribution >= 0.6 is 15.9 Å². The summed E-state index contributed by atoms with van der Waals surface area (Å²) in [4.78, 5) is 3.63. The number of hydrogen-bond donors (Lipinski definition) is 0. The van der Waals surface area contributed by atoms with Gasteiger partial charge in [-0.05, 0) is 60.0 Å². The fraction of sp³-hybridized carbons (Fsp3) is 0.129. The van der Waals surface area contributed by atoms with Crippen molar-refractivity contribution in [2.45, 2.75) is 30.2 Å². The van der Waals surface area contributed by atoms with Gasteiger partial charge in [0.1, 0.15) is 0 Å². The molecule has 4 rings (SSSR count). The van der Waals surface area contributed by atoms with Crippen LogP contribution < -0.4 is 0 Å². The third kappa shape index (κ3) is 8.37. The fourth-order valence-corrected chi connectivity index (χ4v) is 5.45. The van der Waals surface area contributed by atoms with Crippen LogP contribution in [-0.4, -0.2) is 12.7 Å². The van der Waals surface area contributed by atoms with Crippen LogP contribution in [0.25, 0.3) is 4.85 Å². The lowest BCUT2D eigenvalue weighted by Gasteiger charge is -2.23. The van der Waals surface area contributed by atoms with Crippen LogP contribution in [0.4, 0.5) is 5.69 Å². The van der Waals surface area contributed by atoms with Gasteiger partial charge in [-0.3, -0.25) is 0 Å². The number of alkyl halides is 1. The van der Waals surface area contributed by atoms with Gasteiger partial charge in [0, 0.05) is 18.4 Å². The highest BCUT2D eigenvalue weighted by Gasteiger charge is 2.25. The molecule has 6 nitrogen and oxygen atoms in total. The number of aryl methyl sites for hydroxylation is 1. The van der Waals surface area contributed by atoms with Crippen LogP contribution in [0, 0.1) is 36.2 Å². The first-order valence-electron chi connectivity index (χ1n) is 11.9. The van der Waals surface area contributed by atoms with Gasteiger partial charge in [0.25, 0.3) is 0 Å². The molecule has 0 unspecified atom stereocenters. The number of benzene rings is 4. The average molecular weight is 598 g/mol. The molecule has 0 aliphatic carbocycles. The van der Waals surface area contributed by atoms with E-state index < -0.39 is 10.0 Å². The topological polar surface area (TPSA) is 89.3 Å². The molecule has 0 amide bonds.